The molecule has 7 heteroatoms. The topological polar surface area (TPSA) is 98.3 Å². The first-order valence-corrected chi connectivity index (χ1v) is 7.20. The molecule has 0 radical (unpaired) electrons. The fourth-order valence-corrected chi connectivity index (χ4v) is 1.99. The molecule has 0 aliphatic heterocycles. The van der Waals surface area contributed by atoms with Crippen molar-refractivity contribution in [1.29, 1.82) is 0 Å². The number of benzene rings is 1. The summed E-state index contributed by atoms with van der Waals surface area (Å²) in [6, 6.07) is 14.7. The van der Waals surface area contributed by atoms with Crippen LogP contribution in [0.5, 0.6) is 0 Å². The molecule has 0 saturated heterocycles. The molecule has 3 aromatic rings. The number of nitro groups is 1. The first-order chi connectivity index (χ1) is 12.1. The summed E-state index contributed by atoms with van der Waals surface area (Å²) in [4.78, 5) is 26.1. The summed E-state index contributed by atoms with van der Waals surface area (Å²) in [5.41, 5.74) is 1.82. The van der Waals surface area contributed by atoms with Gasteiger partial charge in [0.15, 0.2) is 5.76 Å². The van der Waals surface area contributed by atoms with Gasteiger partial charge in [0, 0.05) is 17.4 Å². The smallest absolute Gasteiger partial charge is 0.395 e. The van der Waals surface area contributed by atoms with Gasteiger partial charge in [-0.1, -0.05) is 18.1 Å². The van der Waals surface area contributed by atoms with E-state index < -0.39 is 16.7 Å². The average molecular weight is 333 g/mol. The number of hydrogen-bond donors (Lipinski definition) is 1. The molecule has 0 saturated carbocycles. The Morgan fingerprint density at radius 1 is 1.12 bits per heavy atom. The molecule has 2 heterocycles. The van der Waals surface area contributed by atoms with E-state index in [0.29, 0.717) is 16.9 Å². The molecular weight excluding hydrogens is 322 g/mol. The van der Waals surface area contributed by atoms with E-state index >= 15 is 0 Å². The van der Waals surface area contributed by atoms with E-state index in [2.05, 4.69) is 22.1 Å². The maximum absolute atomic E-state index is 12.1. The number of nitrogens with zero attached hydrogens (tertiary/aromatic N) is 2. The number of aromatic nitrogens is 1. The third-order valence-corrected chi connectivity index (χ3v) is 3.12. The van der Waals surface area contributed by atoms with Crippen molar-refractivity contribution in [2.75, 3.05) is 5.32 Å². The zero-order valence-corrected chi connectivity index (χ0v) is 12.8. The van der Waals surface area contributed by atoms with Crippen LogP contribution in [0.3, 0.4) is 0 Å². The summed E-state index contributed by atoms with van der Waals surface area (Å²) in [6.45, 7) is 0. The Balaban J connectivity index is 1.74. The van der Waals surface area contributed by atoms with Crippen molar-refractivity contribution in [1.82, 2.24) is 4.98 Å². The molecule has 0 aliphatic rings. The summed E-state index contributed by atoms with van der Waals surface area (Å²) in [5.74, 6) is 4.67. The van der Waals surface area contributed by atoms with Gasteiger partial charge in [0.1, 0.15) is 10.6 Å². The highest BCUT2D eigenvalue weighted by Crippen LogP contribution is 2.17. The van der Waals surface area contributed by atoms with Crippen LogP contribution in [0.1, 0.15) is 21.8 Å². The van der Waals surface area contributed by atoms with Gasteiger partial charge in [0.25, 0.3) is 5.91 Å². The number of anilines is 1. The Morgan fingerprint density at radius 3 is 2.72 bits per heavy atom. The fraction of sp³-hybridized carbons (Fsp3) is 0. The molecule has 25 heavy (non-hydrogen) atoms. The molecule has 0 aliphatic carbocycles. The van der Waals surface area contributed by atoms with Crippen LogP contribution in [0.15, 0.2) is 65.2 Å². The van der Waals surface area contributed by atoms with Crippen LogP contribution in [0.2, 0.25) is 0 Å². The number of furan rings is 1. The first-order valence-electron chi connectivity index (χ1n) is 7.20. The van der Waals surface area contributed by atoms with Crippen LogP contribution in [0, 0.1) is 22.0 Å². The lowest BCUT2D eigenvalue weighted by molar-refractivity contribution is -0.402. The summed E-state index contributed by atoms with van der Waals surface area (Å²) in [5, 5.41) is 13.2. The van der Waals surface area contributed by atoms with Crippen LogP contribution in [0.25, 0.3) is 0 Å². The van der Waals surface area contributed by atoms with Gasteiger partial charge in [-0.2, -0.15) is 0 Å². The summed E-state index contributed by atoms with van der Waals surface area (Å²) in [6.07, 6.45) is 1.66. The maximum atomic E-state index is 12.1. The number of pyridine rings is 1. The lowest BCUT2D eigenvalue weighted by Gasteiger charge is -2.03. The zero-order valence-electron chi connectivity index (χ0n) is 12.8. The molecular formula is C18H11N3O4. The van der Waals surface area contributed by atoms with E-state index in [1.165, 1.54) is 6.07 Å². The maximum Gasteiger partial charge on any atom is 0.433 e. The number of amides is 1. The van der Waals surface area contributed by atoms with E-state index in [1.807, 2.05) is 6.07 Å². The second-order valence-electron chi connectivity index (χ2n) is 4.89. The molecule has 0 atom stereocenters. The van der Waals surface area contributed by atoms with Crippen LogP contribution >= 0.6 is 0 Å². The van der Waals surface area contributed by atoms with E-state index in [9.17, 15) is 14.9 Å². The summed E-state index contributed by atoms with van der Waals surface area (Å²) >= 11 is 0. The van der Waals surface area contributed by atoms with Gasteiger partial charge in [0.2, 0.25) is 0 Å². The Bertz CT molecular complexity index is 984. The largest absolute Gasteiger partial charge is 0.433 e. The van der Waals surface area contributed by atoms with Gasteiger partial charge in [-0.15, -0.1) is 0 Å². The molecule has 3 rings (SSSR count). The highest BCUT2D eigenvalue weighted by molar-refractivity contribution is 6.02. The Morgan fingerprint density at radius 2 is 2.00 bits per heavy atom. The monoisotopic (exact) mass is 333 g/mol. The molecule has 7 nitrogen and oxygen atoms in total. The van der Waals surface area contributed by atoms with Crippen molar-refractivity contribution in [3.8, 4) is 11.8 Å². The lowest BCUT2D eigenvalue weighted by Crippen LogP contribution is -2.10. The molecule has 0 unspecified atom stereocenters. The van der Waals surface area contributed by atoms with E-state index in [1.54, 1.807) is 42.6 Å². The van der Waals surface area contributed by atoms with Crippen molar-refractivity contribution in [2.24, 2.45) is 0 Å². The molecule has 0 fully saturated rings. The van der Waals surface area contributed by atoms with Crippen molar-refractivity contribution in [2.45, 2.75) is 0 Å². The average Bonchev–Trinajstić information content (AvgIpc) is 3.12. The van der Waals surface area contributed by atoms with Crippen LogP contribution in [-0.4, -0.2) is 15.8 Å². The molecule has 1 amide bonds. The van der Waals surface area contributed by atoms with Crippen molar-refractivity contribution >= 4 is 17.5 Å². The zero-order chi connectivity index (χ0) is 17.6. The number of rotatable bonds is 3. The Labute approximate surface area is 142 Å². The van der Waals surface area contributed by atoms with Crippen molar-refractivity contribution < 1.29 is 14.1 Å². The minimum absolute atomic E-state index is 0.142. The van der Waals surface area contributed by atoms with Gasteiger partial charge in [-0.25, -0.2) is 4.98 Å². The van der Waals surface area contributed by atoms with E-state index in [4.69, 9.17) is 4.42 Å². The van der Waals surface area contributed by atoms with Gasteiger partial charge < -0.3 is 9.73 Å². The predicted molar refractivity (Wildman–Crippen MR) is 90.0 cm³/mol. The molecule has 1 N–H and O–H groups in total. The number of nitrogens with one attached hydrogen (secondary N) is 1. The first kappa shape index (κ1) is 16.0. The minimum atomic E-state index is -0.704. The third-order valence-electron chi connectivity index (χ3n) is 3.12. The number of carbonyl (C=O) groups excluding carboxylic acids is 1. The Hall–Kier alpha value is -3.92. The molecule has 2 aromatic heterocycles. The predicted octanol–water partition coefficient (Wildman–Crippen LogP) is 3.23. The molecule has 122 valence electrons. The highest BCUT2D eigenvalue weighted by Gasteiger charge is 2.17. The lowest BCUT2D eigenvalue weighted by atomic mass is 10.2. The second kappa shape index (κ2) is 7.10. The second-order valence-corrected chi connectivity index (χ2v) is 4.89. The third kappa shape index (κ3) is 4.09. The quantitative estimate of drug-likeness (QED) is 0.451. The number of carbonyl (C=O) groups is 1. The minimum Gasteiger partial charge on any atom is -0.395 e. The molecule has 1 aromatic carbocycles. The summed E-state index contributed by atoms with van der Waals surface area (Å²) in [7, 11) is 0. The molecule has 0 bridgehead atoms. The highest BCUT2D eigenvalue weighted by atomic mass is 16.6. The van der Waals surface area contributed by atoms with Crippen LogP contribution < -0.4 is 5.32 Å². The van der Waals surface area contributed by atoms with E-state index in [0.717, 1.165) is 6.07 Å². The van der Waals surface area contributed by atoms with Crippen molar-refractivity contribution in [3.05, 3.63) is 87.9 Å². The fourth-order valence-electron chi connectivity index (χ4n) is 1.99. The normalized spacial score (nSPS) is 9.76. The summed E-state index contributed by atoms with van der Waals surface area (Å²) < 4.78 is 4.87. The van der Waals surface area contributed by atoms with Gasteiger partial charge in [-0.05, 0) is 42.3 Å². The van der Waals surface area contributed by atoms with Gasteiger partial charge >= 0.3 is 5.88 Å². The van der Waals surface area contributed by atoms with Gasteiger partial charge in [0.05, 0.1) is 6.07 Å². The SMILES string of the molecule is O=C(Nc1cccc(C#Cc2ccccn2)c1)c1ccc([N+](=O)[O-])o1. The number of hydrogen-bond acceptors (Lipinski definition) is 5. The van der Waals surface area contributed by atoms with E-state index in [-0.39, 0.29) is 5.76 Å². The molecule has 0 spiro atoms. The van der Waals surface area contributed by atoms with Crippen molar-refractivity contribution in [3.63, 3.8) is 0 Å². The van der Waals surface area contributed by atoms with Gasteiger partial charge in [-0.3, -0.25) is 14.9 Å². The standard InChI is InChI=1S/C18H11N3O4/c22-18(16-9-10-17(25-16)21(23)24)20-15-6-3-4-13(12-15)7-8-14-5-1-2-11-19-14/h1-6,9-12H,(H,20,22). The van der Waals surface area contributed by atoms with Crippen LogP contribution in [0.4, 0.5) is 11.6 Å². The Kier molecular flexibility index (Phi) is 4.53. The van der Waals surface area contributed by atoms with Crippen LogP contribution in [-0.2, 0) is 0 Å².